The van der Waals surface area contributed by atoms with Gasteiger partial charge in [-0.2, -0.15) is 4.98 Å². The number of fused-ring (bicyclic) bond motifs is 1. The molecule has 8 nitrogen and oxygen atoms in total. The van der Waals surface area contributed by atoms with E-state index in [1.807, 2.05) is 4.57 Å². The average molecular weight is 637 g/mol. The number of benzene rings is 3. The molecule has 0 bridgehead atoms. The van der Waals surface area contributed by atoms with E-state index in [1.54, 1.807) is 18.2 Å². The summed E-state index contributed by atoms with van der Waals surface area (Å²) in [7, 11) is 1.31. The van der Waals surface area contributed by atoms with Gasteiger partial charge in [0.2, 0.25) is 0 Å². The minimum Gasteiger partial charge on any atom is -0.465 e. The molecular weight excluding hydrogens is 609 g/mol. The van der Waals surface area contributed by atoms with Crippen molar-refractivity contribution in [1.82, 2.24) is 19.5 Å². The molecule has 232 valence electrons. The van der Waals surface area contributed by atoms with Crippen molar-refractivity contribution in [2.75, 3.05) is 20.3 Å². The molecule has 12 heteroatoms. The number of esters is 1. The number of imidazole rings is 1. The smallest absolute Gasteiger partial charge is 0.337 e. The number of hydrogen-bond donors (Lipinski definition) is 0. The zero-order valence-corrected chi connectivity index (χ0v) is 25.4. The number of carbonyl (C=O) groups excluding carboxylic acids is 1. The van der Waals surface area contributed by atoms with Crippen molar-refractivity contribution < 1.29 is 32.2 Å². The van der Waals surface area contributed by atoms with Gasteiger partial charge in [0.1, 0.15) is 29.9 Å². The molecule has 3 aromatic carbocycles. The van der Waals surface area contributed by atoms with E-state index in [0.29, 0.717) is 35.6 Å². The summed E-state index contributed by atoms with van der Waals surface area (Å²) < 4.78 is 63.5. The molecule has 3 heterocycles. The molecule has 0 radical (unpaired) electrons. The maximum atomic E-state index is 15.7. The number of carbonyl (C=O) groups is 1. The van der Waals surface area contributed by atoms with Gasteiger partial charge in [-0.3, -0.25) is 0 Å². The van der Waals surface area contributed by atoms with Crippen LogP contribution in [0.1, 0.15) is 47.2 Å². The fourth-order valence-electron chi connectivity index (χ4n) is 5.47. The van der Waals surface area contributed by atoms with Gasteiger partial charge in [-0.05, 0) is 54.1 Å². The van der Waals surface area contributed by atoms with E-state index in [2.05, 4.69) is 23.8 Å². The summed E-state index contributed by atoms with van der Waals surface area (Å²) in [5, 5.41) is 0.247. The van der Waals surface area contributed by atoms with Crippen LogP contribution in [0.15, 0.2) is 60.8 Å². The molecule has 1 atom stereocenters. The zero-order chi connectivity index (χ0) is 31.9. The molecule has 6 rings (SSSR count). The lowest BCUT2D eigenvalue weighted by molar-refractivity contribution is 0.0601. The monoisotopic (exact) mass is 636 g/mol. The fraction of sp³-hybridized carbons (Fsp3) is 0.273. The van der Waals surface area contributed by atoms with Crippen LogP contribution in [0.3, 0.4) is 0 Å². The summed E-state index contributed by atoms with van der Waals surface area (Å²) in [6, 6.07) is 12.5. The number of aromatic nitrogens is 4. The van der Waals surface area contributed by atoms with Gasteiger partial charge >= 0.3 is 12.0 Å². The van der Waals surface area contributed by atoms with Crippen LogP contribution in [-0.2, 0) is 22.5 Å². The normalized spacial score (nSPS) is 15.8. The number of rotatable bonds is 8. The number of nitrogens with zero attached hydrogens (tertiary/aromatic N) is 4. The summed E-state index contributed by atoms with van der Waals surface area (Å²) in [5.74, 6) is -1.92. The van der Waals surface area contributed by atoms with Crippen molar-refractivity contribution in [3.8, 4) is 17.3 Å². The zero-order valence-electron chi connectivity index (χ0n) is 24.6. The number of methoxy groups -OCH3 is 1. The topological polar surface area (TPSA) is 88.4 Å². The largest absolute Gasteiger partial charge is 0.465 e. The van der Waals surface area contributed by atoms with E-state index in [9.17, 15) is 9.18 Å². The Balaban J connectivity index is 1.31. The SMILES string of the molecule is COC(=O)c1ccc2nc(Cc3cc(F)c(-c4ccnc(OCc5ccc(Cl)cc5F)n4)cc3F)n([C@@H]3COCC3(C)C)c2c1. The standard InChI is InChI=1S/C33H28ClF3N4O4/c1-33(2)17-44-16-29(33)41-28-11-18(31(42)43-3)5-7-27(28)39-30(41)12-20-10-25(37)22(14-24(20)36)26-8-9-38-32(40-26)45-15-19-4-6-21(34)13-23(19)35/h4-11,13-14,29H,12,15-17H2,1-3H3/t29-/m1/s1. The molecule has 5 aromatic rings. The molecule has 0 aliphatic carbocycles. The third-order valence-electron chi connectivity index (χ3n) is 7.91. The van der Waals surface area contributed by atoms with E-state index in [0.717, 1.165) is 18.2 Å². The van der Waals surface area contributed by atoms with Gasteiger partial charge in [-0.25, -0.2) is 27.9 Å². The maximum absolute atomic E-state index is 15.7. The summed E-state index contributed by atoms with van der Waals surface area (Å²) in [6.45, 7) is 4.83. The van der Waals surface area contributed by atoms with Crippen LogP contribution in [-0.4, -0.2) is 45.8 Å². The molecule has 2 aromatic heterocycles. The molecular formula is C33H28ClF3N4O4. The number of hydrogen-bond acceptors (Lipinski definition) is 7. The van der Waals surface area contributed by atoms with Crippen molar-refractivity contribution in [2.24, 2.45) is 5.41 Å². The lowest BCUT2D eigenvalue weighted by Gasteiger charge is -2.28. The molecule has 45 heavy (non-hydrogen) atoms. The van der Waals surface area contributed by atoms with Gasteiger partial charge in [0.15, 0.2) is 0 Å². The Labute approximate surface area is 261 Å². The number of ether oxygens (including phenoxy) is 3. The predicted molar refractivity (Wildman–Crippen MR) is 161 cm³/mol. The van der Waals surface area contributed by atoms with Gasteiger partial charge in [-0.15, -0.1) is 0 Å². The Morgan fingerprint density at radius 1 is 1.02 bits per heavy atom. The predicted octanol–water partition coefficient (Wildman–Crippen LogP) is 7.12. The maximum Gasteiger partial charge on any atom is 0.337 e. The van der Waals surface area contributed by atoms with E-state index in [-0.39, 0.29) is 57.9 Å². The molecule has 1 aliphatic rings. The highest BCUT2D eigenvalue weighted by atomic mass is 35.5. The average Bonchev–Trinajstić information content (AvgIpc) is 3.55. The quantitative estimate of drug-likeness (QED) is 0.168. The van der Waals surface area contributed by atoms with Crippen molar-refractivity contribution in [3.63, 3.8) is 0 Å². The summed E-state index contributed by atoms with van der Waals surface area (Å²) >= 11 is 5.80. The highest BCUT2D eigenvalue weighted by Gasteiger charge is 2.39. The van der Waals surface area contributed by atoms with Gasteiger partial charge in [0.25, 0.3) is 0 Å². The molecule has 0 saturated carbocycles. The van der Waals surface area contributed by atoms with Crippen molar-refractivity contribution in [1.29, 1.82) is 0 Å². The third kappa shape index (κ3) is 6.10. The third-order valence-corrected chi connectivity index (χ3v) is 8.15. The minimum absolute atomic E-state index is 0.0252. The number of halogens is 4. The first kappa shape index (κ1) is 30.5. The molecule has 1 saturated heterocycles. The van der Waals surface area contributed by atoms with Crippen LogP contribution in [0.5, 0.6) is 6.01 Å². The highest BCUT2D eigenvalue weighted by Crippen LogP contribution is 2.40. The van der Waals surface area contributed by atoms with Crippen LogP contribution < -0.4 is 4.74 Å². The second-order valence-corrected chi connectivity index (χ2v) is 11.9. The van der Waals surface area contributed by atoms with Gasteiger partial charge < -0.3 is 18.8 Å². The van der Waals surface area contributed by atoms with Crippen molar-refractivity contribution >= 4 is 28.6 Å². The lowest BCUT2D eigenvalue weighted by atomic mass is 9.87. The van der Waals surface area contributed by atoms with E-state index >= 15 is 8.78 Å². The summed E-state index contributed by atoms with van der Waals surface area (Å²) in [5.41, 5.74) is 1.64. The Hall–Kier alpha value is -4.48. The highest BCUT2D eigenvalue weighted by molar-refractivity contribution is 6.30. The first-order valence-corrected chi connectivity index (χ1v) is 14.5. The first-order chi connectivity index (χ1) is 21.5. The second kappa shape index (κ2) is 12.1. The van der Waals surface area contributed by atoms with E-state index in [1.165, 1.54) is 31.5 Å². The molecule has 0 unspecified atom stereocenters. The lowest BCUT2D eigenvalue weighted by Crippen LogP contribution is -2.27. The Morgan fingerprint density at radius 2 is 1.82 bits per heavy atom. The van der Waals surface area contributed by atoms with Crippen LogP contribution in [0.2, 0.25) is 5.02 Å². The van der Waals surface area contributed by atoms with Crippen molar-refractivity contribution in [3.05, 3.63) is 106 Å². The molecule has 1 aliphatic heterocycles. The Bertz CT molecular complexity index is 1930. The summed E-state index contributed by atoms with van der Waals surface area (Å²) in [6.07, 6.45) is 1.32. The van der Waals surface area contributed by atoms with E-state index in [4.69, 9.17) is 30.8 Å². The van der Waals surface area contributed by atoms with Crippen LogP contribution in [0, 0.1) is 22.9 Å². The Morgan fingerprint density at radius 3 is 2.56 bits per heavy atom. The fourth-order valence-corrected chi connectivity index (χ4v) is 5.63. The van der Waals surface area contributed by atoms with Crippen molar-refractivity contribution in [2.45, 2.75) is 32.9 Å². The molecule has 0 amide bonds. The Kier molecular flexibility index (Phi) is 8.23. The molecule has 0 spiro atoms. The van der Waals surface area contributed by atoms with Gasteiger partial charge in [-0.1, -0.05) is 31.5 Å². The van der Waals surface area contributed by atoms with E-state index < -0.39 is 23.4 Å². The van der Waals surface area contributed by atoms with Crippen LogP contribution in [0.4, 0.5) is 13.2 Å². The van der Waals surface area contributed by atoms with Crippen LogP contribution in [0.25, 0.3) is 22.3 Å². The van der Waals surface area contributed by atoms with Gasteiger partial charge in [0.05, 0.1) is 48.7 Å². The second-order valence-electron chi connectivity index (χ2n) is 11.5. The van der Waals surface area contributed by atoms with Crippen LogP contribution >= 0.6 is 11.6 Å². The molecule has 0 N–H and O–H groups in total. The first-order valence-electron chi connectivity index (χ1n) is 14.1. The summed E-state index contributed by atoms with van der Waals surface area (Å²) in [4.78, 5) is 25.3. The van der Waals surface area contributed by atoms with Gasteiger partial charge in [0, 0.05) is 34.2 Å². The molecule has 1 fully saturated rings. The minimum atomic E-state index is -0.708.